The Bertz CT molecular complexity index is 1170. The molecule has 1 aliphatic rings. The minimum atomic E-state index is -1.63. The highest BCUT2D eigenvalue weighted by Crippen LogP contribution is 2.30. The molecule has 9 heteroatoms. The van der Waals surface area contributed by atoms with Crippen molar-refractivity contribution in [3.05, 3.63) is 108 Å². The fraction of sp³-hybridized carbons (Fsp3) is 0.222. The molecule has 3 aromatic carbocycles. The summed E-state index contributed by atoms with van der Waals surface area (Å²) in [6.45, 7) is 0. The van der Waals surface area contributed by atoms with Gasteiger partial charge < -0.3 is 24.1 Å². The molecule has 0 saturated carbocycles. The van der Waals surface area contributed by atoms with E-state index in [1.54, 1.807) is 91.0 Å². The summed E-state index contributed by atoms with van der Waals surface area (Å²) in [7, 11) is 0. The van der Waals surface area contributed by atoms with E-state index in [0.29, 0.717) is 4.43 Å². The summed E-state index contributed by atoms with van der Waals surface area (Å²) in [4.78, 5) is 38.7. The number of alkyl halides is 1. The number of aliphatic hydroxyl groups is 1. The summed E-state index contributed by atoms with van der Waals surface area (Å²) in [6.07, 6.45) is -6.44. The van der Waals surface area contributed by atoms with Crippen molar-refractivity contribution in [3.63, 3.8) is 0 Å². The number of ether oxygens (including phenoxy) is 4. The van der Waals surface area contributed by atoms with Crippen LogP contribution >= 0.6 is 22.6 Å². The Morgan fingerprint density at radius 1 is 0.639 bits per heavy atom. The molecule has 36 heavy (non-hydrogen) atoms. The van der Waals surface area contributed by atoms with E-state index in [1.807, 2.05) is 22.6 Å². The van der Waals surface area contributed by atoms with E-state index in [1.165, 1.54) is 0 Å². The summed E-state index contributed by atoms with van der Waals surface area (Å²) in [5, 5.41) is 10.8. The molecular weight excluding hydrogens is 579 g/mol. The molecule has 1 saturated heterocycles. The van der Waals surface area contributed by atoms with Crippen LogP contribution < -0.4 is 0 Å². The maximum atomic E-state index is 13.0. The van der Waals surface area contributed by atoms with Gasteiger partial charge in [0.2, 0.25) is 0 Å². The van der Waals surface area contributed by atoms with Crippen LogP contribution in [0.5, 0.6) is 0 Å². The number of esters is 3. The first-order chi connectivity index (χ1) is 17.5. The lowest BCUT2D eigenvalue weighted by Crippen LogP contribution is -2.62. The number of rotatable bonds is 7. The van der Waals surface area contributed by atoms with Crippen molar-refractivity contribution in [2.75, 3.05) is 4.43 Å². The van der Waals surface area contributed by atoms with Crippen molar-refractivity contribution in [3.8, 4) is 0 Å². The van der Waals surface area contributed by atoms with Crippen LogP contribution in [-0.2, 0) is 18.9 Å². The van der Waals surface area contributed by atoms with Gasteiger partial charge in [-0.2, -0.15) is 0 Å². The molecule has 1 N–H and O–H groups in total. The van der Waals surface area contributed by atoms with Gasteiger partial charge in [0, 0.05) is 4.43 Å². The highest BCUT2D eigenvalue weighted by atomic mass is 127. The molecule has 186 valence electrons. The summed E-state index contributed by atoms with van der Waals surface area (Å²) in [5.41, 5.74) is 0.749. The van der Waals surface area contributed by atoms with Crippen LogP contribution in [-0.4, -0.2) is 58.1 Å². The third-order valence-electron chi connectivity index (χ3n) is 5.52. The predicted octanol–water partition coefficient (Wildman–Crippen LogP) is 3.82. The van der Waals surface area contributed by atoms with Crippen LogP contribution in [0.15, 0.2) is 91.0 Å². The highest BCUT2D eigenvalue weighted by molar-refractivity contribution is 14.1. The Morgan fingerprint density at radius 2 is 1.00 bits per heavy atom. The Hall–Kier alpha value is -3.28. The molecule has 8 nitrogen and oxygen atoms in total. The number of aliphatic hydroxyl groups excluding tert-OH is 1. The van der Waals surface area contributed by atoms with Crippen LogP contribution in [0.2, 0.25) is 0 Å². The van der Waals surface area contributed by atoms with Crippen molar-refractivity contribution in [2.45, 2.75) is 30.7 Å². The summed E-state index contributed by atoms with van der Waals surface area (Å²) < 4.78 is 23.0. The van der Waals surface area contributed by atoms with Gasteiger partial charge in [-0.15, -0.1) is 0 Å². The average Bonchev–Trinajstić information content (AvgIpc) is 2.93. The first-order valence-electron chi connectivity index (χ1n) is 11.2. The van der Waals surface area contributed by atoms with Crippen molar-refractivity contribution < 1.29 is 38.4 Å². The maximum absolute atomic E-state index is 13.0. The number of hydrogen-bond donors (Lipinski definition) is 1. The monoisotopic (exact) mass is 602 g/mol. The number of hydrogen-bond acceptors (Lipinski definition) is 8. The zero-order valence-corrected chi connectivity index (χ0v) is 21.1. The predicted molar refractivity (Wildman–Crippen MR) is 137 cm³/mol. The first kappa shape index (κ1) is 25.8. The van der Waals surface area contributed by atoms with Crippen LogP contribution in [0, 0.1) is 0 Å². The second kappa shape index (κ2) is 12.1. The number of halogens is 1. The lowest BCUT2D eigenvalue weighted by molar-refractivity contribution is -0.274. The second-order valence-electron chi connectivity index (χ2n) is 7.93. The molecule has 0 aliphatic carbocycles. The fourth-order valence-electron chi connectivity index (χ4n) is 3.72. The minimum absolute atomic E-state index is 0.228. The van der Waals surface area contributed by atoms with Gasteiger partial charge in [0.25, 0.3) is 0 Å². The van der Waals surface area contributed by atoms with Gasteiger partial charge in [-0.25, -0.2) is 14.4 Å². The second-order valence-corrected chi connectivity index (χ2v) is 8.81. The molecule has 5 unspecified atom stereocenters. The van der Waals surface area contributed by atoms with E-state index in [2.05, 4.69) is 0 Å². The zero-order valence-electron chi connectivity index (χ0n) is 18.9. The number of carbonyl (C=O) groups excluding carboxylic acids is 3. The standard InChI is InChI=1S/C27H23IO8/c28-16-20-21(34-24(29)17-10-4-1-5-11-17)22(35-25(30)18-12-6-2-7-13-18)23(27(32)33-20)36-26(31)19-14-8-3-9-15-19/h1-15,20-23,27,32H,16H2. The Kier molecular flexibility index (Phi) is 8.68. The quantitative estimate of drug-likeness (QED) is 0.188. The molecule has 0 spiro atoms. The van der Waals surface area contributed by atoms with Gasteiger partial charge in [0.05, 0.1) is 16.7 Å². The van der Waals surface area contributed by atoms with E-state index in [9.17, 15) is 19.5 Å². The third-order valence-corrected chi connectivity index (χ3v) is 6.39. The first-order valence-corrected chi connectivity index (χ1v) is 12.7. The average molecular weight is 602 g/mol. The molecule has 3 aromatic rings. The molecule has 0 aromatic heterocycles. The molecule has 1 aliphatic heterocycles. The molecule has 4 rings (SSSR count). The van der Waals surface area contributed by atoms with Crippen LogP contribution in [0.25, 0.3) is 0 Å². The van der Waals surface area contributed by atoms with Crippen molar-refractivity contribution in [2.24, 2.45) is 0 Å². The van der Waals surface area contributed by atoms with E-state index >= 15 is 0 Å². The van der Waals surface area contributed by atoms with E-state index in [-0.39, 0.29) is 16.7 Å². The number of benzene rings is 3. The molecule has 0 bridgehead atoms. The molecule has 1 heterocycles. The zero-order chi connectivity index (χ0) is 25.5. The smallest absolute Gasteiger partial charge is 0.338 e. The van der Waals surface area contributed by atoms with Crippen molar-refractivity contribution >= 4 is 40.5 Å². The van der Waals surface area contributed by atoms with E-state index in [0.717, 1.165) is 0 Å². The molecule has 1 fully saturated rings. The summed E-state index contributed by atoms with van der Waals surface area (Å²) in [6, 6.07) is 24.6. The van der Waals surface area contributed by atoms with Gasteiger partial charge in [-0.1, -0.05) is 77.2 Å². The maximum Gasteiger partial charge on any atom is 0.338 e. The lowest BCUT2D eigenvalue weighted by Gasteiger charge is -2.42. The van der Waals surface area contributed by atoms with Gasteiger partial charge >= 0.3 is 17.9 Å². The van der Waals surface area contributed by atoms with E-state index in [4.69, 9.17) is 18.9 Å². The molecule has 5 atom stereocenters. The largest absolute Gasteiger partial charge is 0.452 e. The van der Waals surface area contributed by atoms with E-state index < -0.39 is 48.6 Å². The Balaban J connectivity index is 1.66. The number of carbonyl (C=O) groups is 3. The summed E-state index contributed by atoms with van der Waals surface area (Å²) >= 11 is 2.01. The Labute approximate surface area is 221 Å². The molecular formula is C27H23IO8. The van der Waals surface area contributed by atoms with Gasteiger partial charge in [-0.05, 0) is 36.4 Å². The highest BCUT2D eigenvalue weighted by Gasteiger charge is 2.51. The SMILES string of the molecule is O=C(OC1C(O)OC(CI)C(OC(=O)c2ccccc2)C1OC(=O)c1ccccc1)c1ccccc1. The summed E-state index contributed by atoms with van der Waals surface area (Å²) in [5.74, 6) is -2.17. The lowest BCUT2D eigenvalue weighted by atomic mass is 9.98. The molecule has 0 amide bonds. The van der Waals surface area contributed by atoms with Crippen LogP contribution in [0.4, 0.5) is 0 Å². The minimum Gasteiger partial charge on any atom is -0.452 e. The van der Waals surface area contributed by atoms with Crippen molar-refractivity contribution in [1.82, 2.24) is 0 Å². The Morgan fingerprint density at radius 3 is 1.39 bits per heavy atom. The fourth-order valence-corrected chi connectivity index (χ4v) is 4.43. The van der Waals surface area contributed by atoms with Crippen LogP contribution in [0.3, 0.4) is 0 Å². The molecule has 0 radical (unpaired) electrons. The normalized spacial score (nSPS) is 23.3. The van der Waals surface area contributed by atoms with Crippen molar-refractivity contribution in [1.29, 1.82) is 0 Å². The third kappa shape index (κ3) is 6.10. The van der Waals surface area contributed by atoms with Gasteiger partial charge in [0.15, 0.2) is 24.6 Å². The van der Waals surface area contributed by atoms with Gasteiger partial charge in [0.1, 0.15) is 6.10 Å². The van der Waals surface area contributed by atoms with Gasteiger partial charge in [-0.3, -0.25) is 0 Å². The topological polar surface area (TPSA) is 108 Å². The van der Waals surface area contributed by atoms with Crippen LogP contribution in [0.1, 0.15) is 31.1 Å².